The molecule has 1 aromatic carbocycles. The molecule has 0 radical (unpaired) electrons. The topological polar surface area (TPSA) is 83.5 Å². The number of carboxylic acid groups (broad SMARTS) is 1. The fraction of sp³-hybridized carbons (Fsp3) is 0.154. The number of thiophene rings is 1. The summed E-state index contributed by atoms with van der Waals surface area (Å²) < 4.78 is 64.7. The van der Waals surface area contributed by atoms with Crippen molar-refractivity contribution in [2.45, 2.75) is 18.0 Å². The number of halogens is 3. The zero-order valence-electron chi connectivity index (χ0n) is 11.5. The van der Waals surface area contributed by atoms with Gasteiger partial charge in [-0.15, -0.1) is 11.3 Å². The van der Waals surface area contributed by atoms with Gasteiger partial charge in [0.05, 0.1) is 5.56 Å². The molecule has 0 atom stereocenters. The van der Waals surface area contributed by atoms with E-state index in [2.05, 4.69) is 0 Å². The molecule has 2 rings (SSSR count). The van der Waals surface area contributed by atoms with E-state index in [-0.39, 0.29) is 11.3 Å². The summed E-state index contributed by atoms with van der Waals surface area (Å²) >= 11 is 0.707. The van der Waals surface area contributed by atoms with Gasteiger partial charge in [-0.2, -0.15) is 13.2 Å². The van der Waals surface area contributed by atoms with Crippen LogP contribution in [0, 0.1) is 6.92 Å². The molecule has 0 aliphatic rings. The Kier molecular flexibility index (Phi) is 4.40. The molecule has 1 heterocycles. The number of carboxylic acids is 1. The Balaban J connectivity index is 2.44. The third kappa shape index (κ3) is 3.82. The molecular weight excluding hydrogens is 355 g/mol. The zero-order valence-corrected chi connectivity index (χ0v) is 13.1. The predicted molar refractivity (Wildman–Crippen MR) is 78.3 cm³/mol. The minimum atomic E-state index is -4.62. The van der Waals surface area contributed by atoms with Crippen molar-refractivity contribution in [1.82, 2.24) is 0 Å². The highest BCUT2D eigenvalue weighted by Crippen LogP contribution is 2.33. The predicted octanol–water partition coefficient (Wildman–Crippen LogP) is 3.57. The number of rotatable bonds is 4. The van der Waals surface area contributed by atoms with Gasteiger partial charge in [0.2, 0.25) is 0 Å². The summed E-state index contributed by atoms with van der Waals surface area (Å²) in [4.78, 5) is 10.1. The smallest absolute Gasteiger partial charge is 0.416 e. The molecule has 2 N–H and O–H groups in total. The van der Waals surface area contributed by atoms with Gasteiger partial charge in [0.15, 0.2) is 0 Å². The summed E-state index contributed by atoms with van der Waals surface area (Å²) in [5.74, 6) is -1.43. The third-order valence-corrected chi connectivity index (χ3v) is 5.23. The summed E-state index contributed by atoms with van der Waals surface area (Å²) in [6.45, 7) is 1.39. The number of hydrogen-bond acceptors (Lipinski definition) is 4. The first-order chi connectivity index (χ1) is 10.5. The van der Waals surface area contributed by atoms with Crippen LogP contribution in [0.3, 0.4) is 0 Å². The fourth-order valence-corrected chi connectivity index (χ4v) is 4.18. The van der Waals surface area contributed by atoms with Crippen molar-refractivity contribution in [3.8, 4) is 0 Å². The quantitative estimate of drug-likeness (QED) is 0.868. The largest absolute Gasteiger partial charge is 0.477 e. The number of hydrogen-bond donors (Lipinski definition) is 2. The minimum absolute atomic E-state index is 0.210. The number of alkyl halides is 3. The van der Waals surface area contributed by atoms with Crippen molar-refractivity contribution in [2.75, 3.05) is 4.72 Å². The first-order valence-corrected chi connectivity index (χ1v) is 8.39. The first kappa shape index (κ1) is 17.3. The second-order valence-electron chi connectivity index (χ2n) is 4.61. The number of nitrogens with one attached hydrogen (secondary N) is 1. The van der Waals surface area contributed by atoms with E-state index >= 15 is 0 Å². The van der Waals surface area contributed by atoms with E-state index in [1.165, 1.54) is 18.4 Å². The summed E-state index contributed by atoms with van der Waals surface area (Å²) in [6.07, 6.45) is -4.62. The molecule has 10 heteroatoms. The Morgan fingerprint density at radius 2 is 1.91 bits per heavy atom. The lowest BCUT2D eigenvalue weighted by Crippen LogP contribution is -2.16. The molecule has 1 aromatic heterocycles. The fourth-order valence-electron chi connectivity index (χ4n) is 1.88. The van der Waals surface area contributed by atoms with Crippen LogP contribution in [0.1, 0.15) is 20.8 Å². The number of carbonyl (C=O) groups is 1. The molecule has 0 amide bonds. The van der Waals surface area contributed by atoms with Crippen molar-refractivity contribution in [3.63, 3.8) is 0 Å². The van der Waals surface area contributed by atoms with Crippen LogP contribution in [-0.4, -0.2) is 19.5 Å². The third-order valence-electron chi connectivity index (χ3n) is 2.77. The van der Waals surface area contributed by atoms with Gasteiger partial charge in [-0.05, 0) is 42.1 Å². The Labute approximate surface area is 133 Å². The standard InChI is InChI=1S/C13H10F3NO4S2/c1-7-4-8(13(14,15)16)6-9(5-7)17-23(20,21)10-2-3-22-11(10)12(18)19/h2-6,17H,1H3,(H,18,19). The highest BCUT2D eigenvalue weighted by atomic mass is 32.2. The molecule has 124 valence electrons. The normalized spacial score (nSPS) is 12.2. The molecule has 0 spiro atoms. The second kappa shape index (κ2) is 5.85. The van der Waals surface area contributed by atoms with E-state index in [1.54, 1.807) is 0 Å². The van der Waals surface area contributed by atoms with Crippen LogP contribution >= 0.6 is 11.3 Å². The minimum Gasteiger partial charge on any atom is -0.477 e. The van der Waals surface area contributed by atoms with Crippen LogP contribution < -0.4 is 4.72 Å². The zero-order chi connectivity index (χ0) is 17.4. The second-order valence-corrected chi connectivity index (χ2v) is 7.18. The van der Waals surface area contributed by atoms with Gasteiger partial charge in [0, 0.05) is 5.69 Å². The Hall–Kier alpha value is -2.07. The SMILES string of the molecule is Cc1cc(NS(=O)(=O)c2ccsc2C(=O)O)cc(C(F)(F)F)c1. The Morgan fingerprint density at radius 3 is 2.48 bits per heavy atom. The summed E-state index contributed by atoms with van der Waals surface area (Å²) in [6, 6.07) is 3.83. The van der Waals surface area contributed by atoms with Crippen LogP contribution in [0.15, 0.2) is 34.5 Å². The highest BCUT2D eigenvalue weighted by molar-refractivity contribution is 7.93. The maximum Gasteiger partial charge on any atom is 0.416 e. The maximum atomic E-state index is 12.8. The number of aromatic carboxylic acids is 1. The molecule has 0 saturated heterocycles. The van der Waals surface area contributed by atoms with Gasteiger partial charge in [-0.3, -0.25) is 4.72 Å². The summed E-state index contributed by atoms with van der Waals surface area (Å²) in [7, 11) is -4.31. The molecule has 0 aliphatic carbocycles. The van der Waals surface area contributed by atoms with Crippen LogP contribution in [0.2, 0.25) is 0 Å². The number of benzene rings is 1. The lowest BCUT2D eigenvalue weighted by Gasteiger charge is -2.12. The highest BCUT2D eigenvalue weighted by Gasteiger charge is 2.31. The number of anilines is 1. The average Bonchev–Trinajstić information content (AvgIpc) is 2.86. The number of sulfonamides is 1. The molecule has 0 fully saturated rings. The van der Waals surface area contributed by atoms with Crippen LogP contribution in [0.5, 0.6) is 0 Å². The Bertz CT molecular complexity index is 856. The molecule has 2 aromatic rings. The van der Waals surface area contributed by atoms with E-state index in [9.17, 15) is 26.4 Å². The molecular formula is C13H10F3NO4S2. The average molecular weight is 365 g/mol. The van der Waals surface area contributed by atoms with Gasteiger partial charge in [0.1, 0.15) is 9.77 Å². The van der Waals surface area contributed by atoms with Gasteiger partial charge in [-0.25, -0.2) is 13.2 Å². The molecule has 0 unspecified atom stereocenters. The summed E-state index contributed by atoms with van der Waals surface area (Å²) in [5, 5.41) is 10.2. The van der Waals surface area contributed by atoms with Crippen LogP contribution in [0.4, 0.5) is 18.9 Å². The van der Waals surface area contributed by atoms with Crippen molar-refractivity contribution in [2.24, 2.45) is 0 Å². The maximum absolute atomic E-state index is 12.8. The van der Waals surface area contributed by atoms with Crippen molar-refractivity contribution in [1.29, 1.82) is 0 Å². The van der Waals surface area contributed by atoms with Crippen molar-refractivity contribution >= 4 is 33.0 Å². The molecule has 0 bridgehead atoms. The Morgan fingerprint density at radius 1 is 1.26 bits per heavy atom. The van der Waals surface area contributed by atoms with Gasteiger partial charge in [0.25, 0.3) is 10.0 Å². The first-order valence-electron chi connectivity index (χ1n) is 6.03. The van der Waals surface area contributed by atoms with E-state index in [0.717, 1.165) is 12.1 Å². The van der Waals surface area contributed by atoms with Crippen LogP contribution in [-0.2, 0) is 16.2 Å². The molecule has 0 aliphatic heterocycles. The lowest BCUT2D eigenvalue weighted by atomic mass is 10.1. The van der Waals surface area contributed by atoms with Gasteiger partial charge < -0.3 is 5.11 Å². The monoisotopic (exact) mass is 365 g/mol. The van der Waals surface area contributed by atoms with Gasteiger partial charge >= 0.3 is 12.1 Å². The van der Waals surface area contributed by atoms with Crippen molar-refractivity contribution < 1.29 is 31.5 Å². The van der Waals surface area contributed by atoms with E-state index in [4.69, 9.17) is 5.11 Å². The van der Waals surface area contributed by atoms with E-state index in [0.29, 0.717) is 17.4 Å². The molecule has 0 saturated carbocycles. The molecule has 23 heavy (non-hydrogen) atoms. The van der Waals surface area contributed by atoms with Crippen LogP contribution in [0.25, 0.3) is 0 Å². The van der Waals surface area contributed by atoms with E-state index in [1.807, 2.05) is 4.72 Å². The number of aryl methyl sites for hydroxylation is 1. The lowest BCUT2D eigenvalue weighted by molar-refractivity contribution is -0.137. The molecule has 5 nitrogen and oxygen atoms in total. The van der Waals surface area contributed by atoms with Crippen molar-refractivity contribution in [3.05, 3.63) is 45.6 Å². The van der Waals surface area contributed by atoms with E-state index < -0.39 is 37.5 Å². The summed E-state index contributed by atoms with van der Waals surface area (Å²) in [5.41, 5.74) is -1.08. The van der Waals surface area contributed by atoms with Gasteiger partial charge in [-0.1, -0.05) is 0 Å².